The Morgan fingerprint density at radius 1 is 0.742 bits per heavy atom. The molecule has 0 amide bonds. The molecule has 0 spiro atoms. The van der Waals surface area contributed by atoms with Gasteiger partial charge in [0.15, 0.2) is 0 Å². The van der Waals surface area contributed by atoms with Gasteiger partial charge in [-0.15, -0.1) is 0 Å². The Hall–Kier alpha value is -2.23. The zero-order valence-electron chi connectivity index (χ0n) is 19.6. The van der Waals surface area contributed by atoms with Crippen molar-refractivity contribution in [3.8, 4) is 17.0 Å². The van der Waals surface area contributed by atoms with Gasteiger partial charge in [-0.25, -0.2) is 0 Å². The van der Waals surface area contributed by atoms with Crippen LogP contribution in [-0.4, -0.2) is 15.9 Å². The summed E-state index contributed by atoms with van der Waals surface area (Å²) in [5, 5.41) is 0. The van der Waals surface area contributed by atoms with Crippen molar-refractivity contribution in [1.29, 1.82) is 0 Å². The molecule has 0 fully saturated rings. The van der Waals surface area contributed by atoms with E-state index >= 15 is 0 Å². The zero-order valence-corrected chi connectivity index (χ0v) is 19.6. The van der Waals surface area contributed by atoms with E-state index in [-0.39, 0.29) is 5.97 Å². The summed E-state index contributed by atoms with van der Waals surface area (Å²) < 4.78 is 5.42. The van der Waals surface area contributed by atoms with E-state index in [0.717, 1.165) is 36.2 Å². The summed E-state index contributed by atoms with van der Waals surface area (Å²) in [4.78, 5) is 21.1. The summed E-state index contributed by atoms with van der Waals surface area (Å²) >= 11 is 0. The lowest BCUT2D eigenvalue weighted by Gasteiger charge is -2.06. The maximum absolute atomic E-state index is 11.9. The second-order valence-corrected chi connectivity index (χ2v) is 8.43. The molecule has 1 aromatic heterocycles. The van der Waals surface area contributed by atoms with Crippen molar-refractivity contribution in [2.75, 3.05) is 0 Å². The van der Waals surface area contributed by atoms with Crippen LogP contribution in [0.5, 0.6) is 5.75 Å². The molecule has 0 aliphatic heterocycles. The van der Waals surface area contributed by atoms with Crippen LogP contribution in [0.2, 0.25) is 0 Å². The Balaban J connectivity index is 1.70. The number of aryl methyl sites for hydroxylation is 1. The van der Waals surface area contributed by atoms with E-state index in [4.69, 9.17) is 4.74 Å². The highest BCUT2D eigenvalue weighted by molar-refractivity contribution is 5.72. The van der Waals surface area contributed by atoms with E-state index in [2.05, 4.69) is 23.8 Å². The van der Waals surface area contributed by atoms with Gasteiger partial charge in [0, 0.05) is 18.2 Å². The highest BCUT2D eigenvalue weighted by atomic mass is 16.5. The first-order valence-corrected chi connectivity index (χ1v) is 12.3. The van der Waals surface area contributed by atoms with Gasteiger partial charge in [-0.05, 0) is 43.5 Å². The van der Waals surface area contributed by atoms with Gasteiger partial charge in [-0.3, -0.25) is 14.8 Å². The minimum atomic E-state index is -0.158. The SMILES string of the molecule is CCCCCCCCCCc1cnc(-c2ccc(OC(=O)CCCCCC)cc2)cn1. The molecular formula is C27H40N2O2. The second-order valence-electron chi connectivity index (χ2n) is 8.43. The molecule has 0 N–H and O–H groups in total. The van der Waals surface area contributed by atoms with E-state index < -0.39 is 0 Å². The number of esters is 1. The summed E-state index contributed by atoms with van der Waals surface area (Å²) in [6.07, 6.45) is 20.1. The number of unbranched alkanes of at least 4 members (excludes halogenated alkanes) is 10. The number of aromatic nitrogens is 2. The first-order chi connectivity index (χ1) is 15.2. The van der Waals surface area contributed by atoms with Crippen molar-refractivity contribution in [2.24, 2.45) is 0 Å². The molecule has 0 radical (unpaired) electrons. The van der Waals surface area contributed by atoms with Crippen molar-refractivity contribution in [3.05, 3.63) is 42.4 Å². The monoisotopic (exact) mass is 424 g/mol. The van der Waals surface area contributed by atoms with Crippen molar-refractivity contribution in [2.45, 2.75) is 104 Å². The second kappa shape index (κ2) is 15.6. The molecule has 0 aliphatic carbocycles. The Labute approximate surface area is 188 Å². The lowest BCUT2D eigenvalue weighted by atomic mass is 10.1. The lowest BCUT2D eigenvalue weighted by Crippen LogP contribution is -2.07. The number of rotatable bonds is 16. The van der Waals surface area contributed by atoms with Crippen LogP contribution in [0.1, 0.15) is 103 Å². The van der Waals surface area contributed by atoms with E-state index in [1.165, 1.54) is 64.2 Å². The highest BCUT2D eigenvalue weighted by Crippen LogP contribution is 2.21. The third-order valence-corrected chi connectivity index (χ3v) is 5.61. The summed E-state index contributed by atoms with van der Waals surface area (Å²) in [5.41, 5.74) is 2.88. The average molecular weight is 425 g/mol. The Morgan fingerprint density at radius 3 is 1.97 bits per heavy atom. The highest BCUT2D eigenvalue weighted by Gasteiger charge is 2.06. The number of ether oxygens (including phenoxy) is 1. The Bertz CT molecular complexity index is 726. The van der Waals surface area contributed by atoms with Gasteiger partial charge in [-0.1, -0.05) is 78.1 Å². The molecule has 0 atom stereocenters. The van der Waals surface area contributed by atoms with Crippen LogP contribution in [-0.2, 0) is 11.2 Å². The molecule has 170 valence electrons. The van der Waals surface area contributed by atoms with Crippen molar-refractivity contribution in [3.63, 3.8) is 0 Å². The largest absolute Gasteiger partial charge is 0.427 e. The number of hydrogen-bond acceptors (Lipinski definition) is 4. The lowest BCUT2D eigenvalue weighted by molar-refractivity contribution is -0.134. The van der Waals surface area contributed by atoms with Gasteiger partial charge in [0.1, 0.15) is 5.75 Å². The molecule has 0 saturated carbocycles. The molecule has 2 aromatic rings. The standard InChI is InChI=1S/C27H40N2O2/c1-3-5-7-9-10-11-12-13-15-24-21-29-26(22-28-24)23-17-19-25(20-18-23)31-27(30)16-14-8-6-4-2/h17-22H,3-16H2,1-2H3. The van der Waals surface area contributed by atoms with E-state index in [9.17, 15) is 4.79 Å². The van der Waals surface area contributed by atoms with E-state index in [0.29, 0.717) is 12.2 Å². The predicted molar refractivity (Wildman–Crippen MR) is 128 cm³/mol. The normalized spacial score (nSPS) is 10.9. The zero-order chi connectivity index (χ0) is 22.2. The molecule has 0 saturated heterocycles. The van der Waals surface area contributed by atoms with Crippen molar-refractivity contribution in [1.82, 2.24) is 9.97 Å². The van der Waals surface area contributed by atoms with Gasteiger partial charge in [0.25, 0.3) is 0 Å². The molecule has 1 heterocycles. The first kappa shape index (κ1) is 25.0. The minimum absolute atomic E-state index is 0.158. The molecule has 0 unspecified atom stereocenters. The summed E-state index contributed by atoms with van der Waals surface area (Å²) in [7, 11) is 0. The molecule has 4 nitrogen and oxygen atoms in total. The number of hydrogen-bond donors (Lipinski definition) is 0. The van der Waals surface area contributed by atoms with Crippen LogP contribution in [0, 0.1) is 0 Å². The maximum Gasteiger partial charge on any atom is 0.311 e. The van der Waals surface area contributed by atoms with Gasteiger partial charge < -0.3 is 4.74 Å². The van der Waals surface area contributed by atoms with Crippen LogP contribution in [0.3, 0.4) is 0 Å². The van der Waals surface area contributed by atoms with E-state index in [1.54, 1.807) is 0 Å². The Kier molecular flexibility index (Phi) is 12.6. The topological polar surface area (TPSA) is 52.1 Å². The summed E-state index contributed by atoms with van der Waals surface area (Å²) in [6.45, 7) is 4.42. The molecule has 31 heavy (non-hydrogen) atoms. The van der Waals surface area contributed by atoms with Crippen LogP contribution >= 0.6 is 0 Å². The molecule has 1 aromatic carbocycles. The molecule has 4 heteroatoms. The van der Waals surface area contributed by atoms with Crippen LogP contribution in [0.15, 0.2) is 36.7 Å². The fourth-order valence-corrected chi connectivity index (χ4v) is 3.65. The molecule has 2 rings (SSSR count). The number of benzene rings is 1. The third kappa shape index (κ3) is 10.6. The van der Waals surface area contributed by atoms with E-state index in [1.807, 2.05) is 36.7 Å². The molecule has 0 aliphatic rings. The fraction of sp³-hybridized carbons (Fsp3) is 0.593. The van der Waals surface area contributed by atoms with Gasteiger partial charge in [-0.2, -0.15) is 0 Å². The summed E-state index contributed by atoms with van der Waals surface area (Å²) in [5.74, 6) is 0.428. The van der Waals surface area contributed by atoms with Gasteiger partial charge in [0.05, 0.1) is 17.6 Å². The molecular weight excluding hydrogens is 384 g/mol. The van der Waals surface area contributed by atoms with Gasteiger partial charge >= 0.3 is 5.97 Å². The van der Waals surface area contributed by atoms with Crippen molar-refractivity contribution >= 4 is 5.97 Å². The number of carbonyl (C=O) groups excluding carboxylic acids is 1. The minimum Gasteiger partial charge on any atom is -0.427 e. The van der Waals surface area contributed by atoms with Crippen molar-refractivity contribution < 1.29 is 9.53 Å². The predicted octanol–water partition coefficient (Wildman–Crippen LogP) is 7.70. The fourth-order valence-electron chi connectivity index (χ4n) is 3.65. The molecule has 0 bridgehead atoms. The average Bonchev–Trinajstić information content (AvgIpc) is 2.79. The number of nitrogens with zero attached hydrogens (tertiary/aromatic N) is 2. The summed E-state index contributed by atoms with van der Waals surface area (Å²) in [6, 6.07) is 7.52. The quantitative estimate of drug-likeness (QED) is 0.157. The number of carbonyl (C=O) groups is 1. The van der Waals surface area contributed by atoms with Crippen LogP contribution in [0.4, 0.5) is 0 Å². The smallest absolute Gasteiger partial charge is 0.311 e. The van der Waals surface area contributed by atoms with Crippen LogP contribution < -0.4 is 4.74 Å². The first-order valence-electron chi connectivity index (χ1n) is 12.3. The third-order valence-electron chi connectivity index (χ3n) is 5.61. The van der Waals surface area contributed by atoms with Gasteiger partial charge in [0.2, 0.25) is 0 Å². The maximum atomic E-state index is 11.9. The van der Waals surface area contributed by atoms with Crippen LogP contribution in [0.25, 0.3) is 11.3 Å². The Morgan fingerprint density at radius 2 is 1.35 bits per heavy atom.